The minimum Gasteiger partial charge on any atom is -0.508 e. The fraction of sp³-hybridized carbons (Fsp3) is 0.226. The molecular formula is C31H25NO5. The molecule has 1 fully saturated rings. The molecule has 0 bridgehead atoms. The van der Waals surface area contributed by atoms with E-state index in [9.17, 15) is 24.3 Å². The summed E-state index contributed by atoms with van der Waals surface area (Å²) in [6.45, 7) is 5.37. The van der Waals surface area contributed by atoms with Crippen LogP contribution in [-0.4, -0.2) is 28.5 Å². The zero-order valence-electron chi connectivity index (χ0n) is 20.3. The number of benzene rings is 2. The van der Waals surface area contributed by atoms with Gasteiger partial charge in [-0.05, 0) is 55.5 Å². The zero-order chi connectivity index (χ0) is 26.0. The third kappa shape index (κ3) is 3.32. The van der Waals surface area contributed by atoms with Gasteiger partial charge in [0.2, 0.25) is 11.8 Å². The van der Waals surface area contributed by atoms with Crippen LogP contribution in [0.4, 0.5) is 5.69 Å². The maximum Gasteiger partial charge on any atom is 0.238 e. The molecule has 6 heteroatoms. The van der Waals surface area contributed by atoms with Gasteiger partial charge in [0, 0.05) is 28.2 Å². The fourth-order valence-electron chi connectivity index (χ4n) is 6.46. The Hall–Kier alpha value is -4.32. The molecule has 4 atom stereocenters. The second kappa shape index (κ2) is 8.37. The Labute approximate surface area is 214 Å². The van der Waals surface area contributed by atoms with Gasteiger partial charge >= 0.3 is 0 Å². The number of rotatable bonds is 3. The first-order valence-corrected chi connectivity index (χ1v) is 12.4. The van der Waals surface area contributed by atoms with Crippen molar-refractivity contribution in [1.82, 2.24) is 0 Å². The van der Waals surface area contributed by atoms with Crippen molar-refractivity contribution in [3.63, 3.8) is 0 Å². The normalized spacial score (nSPS) is 26.9. The van der Waals surface area contributed by atoms with Crippen LogP contribution in [0.1, 0.15) is 36.8 Å². The maximum atomic E-state index is 13.9. The number of imide groups is 1. The predicted molar refractivity (Wildman–Crippen MR) is 138 cm³/mol. The van der Waals surface area contributed by atoms with Gasteiger partial charge in [-0.15, -0.1) is 0 Å². The van der Waals surface area contributed by atoms with E-state index in [0.717, 1.165) is 11.1 Å². The van der Waals surface area contributed by atoms with Crippen molar-refractivity contribution in [2.75, 3.05) is 4.90 Å². The Balaban J connectivity index is 1.48. The van der Waals surface area contributed by atoms with E-state index < -0.39 is 23.7 Å². The highest BCUT2D eigenvalue weighted by molar-refractivity contribution is 6.25. The Morgan fingerprint density at radius 1 is 0.973 bits per heavy atom. The van der Waals surface area contributed by atoms with Gasteiger partial charge in [0.05, 0.1) is 17.5 Å². The van der Waals surface area contributed by atoms with Crippen LogP contribution in [0.2, 0.25) is 0 Å². The van der Waals surface area contributed by atoms with Gasteiger partial charge in [-0.2, -0.15) is 0 Å². The molecule has 0 radical (unpaired) electrons. The van der Waals surface area contributed by atoms with Crippen LogP contribution in [0, 0.1) is 17.8 Å². The molecule has 0 aromatic heterocycles. The summed E-state index contributed by atoms with van der Waals surface area (Å²) in [5.41, 5.74) is 3.84. The summed E-state index contributed by atoms with van der Waals surface area (Å²) in [5, 5.41) is 10.8. The first kappa shape index (κ1) is 23.1. The van der Waals surface area contributed by atoms with E-state index in [1.54, 1.807) is 61.5 Å². The quantitative estimate of drug-likeness (QED) is 0.383. The molecule has 1 aliphatic heterocycles. The molecule has 37 heavy (non-hydrogen) atoms. The van der Waals surface area contributed by atoms with Crippen molar-refractivity contribution in [2.24, 2.45) is 17.8 Å². The molecule has 4 aliphatic rings. The van der Waals surface area contributed by atoms with Crippen LogP contribution in [0.25, 0.3) is 6.08 Å². The second-order valence-electron chi connectivity index (χ2n) is 10.1. The topological polar surface area (TPSA) is 91.8 Å². The molecule has 2 aromatic carbocycles. The average Bonchev–Trinajstić information content (AvgIpc) is 3.16. The monoisotopic (exact) mass is 491 g/mol. The van der Waals surface area contributed by atoms with Gasteiger partial charge in [0.1, 0.15) is 5.75 Å². The smallest absolute Gasteiger partial charge is 0.238 e. The first-order chi connectivity index (χ1) is 17.8. The number of allylic oxidation sites excluding steroid dienone is 6. The van der Waals surface area contributed by atoms with Crippen LogP contribution >= 0.6 is 0 Å². The van der Waals surface area contributed by atoms with Crippen molar-refractivity contribution in [3.8, 4) is 5.75 Å². The third-order valence-corrected chi connectivity index (χ3v) is 8.20. The number of carbonyl (C=O) groups excluding carboxylic acids is 4. The molecule has 0 spiro atoms. The van der Waals surface area contributed by atoms with E-state index in [2.05, 4.69) is 6.58 Å². The standard InChI is InChI=1S/C31H25NO5/c1-3-17-8-10-18(11-9-17)32-30(36)21-13-12-19-22(27(21)31(32)37)15-23-25(34)14-16(2)29(35)28(23)26(19)20-6-4-5-7-24(20)33/h3-12,14,21-22,26-27,33H,1,13,15H2,2H3. The lowest BCUT2D eigenvalue weighted by Crippen LogP contribution is -2.39. The van der Waals surface area contributed by atoms with Gasteiger partial charge in [-0.25, -0.2) is 0 Å². The lowest BCUT2D eigenvalue weighted by molar-refractivity contribution is -0.123. The highest BCUT2D eigenvalue weighted by Crippen LogP contribution is 2.56. The number of hydrogen-bond donors (Lipinski definition) is 1. The van der Waals surface area contributed by atoms with Crippen LogP contribution < -0.4 is 4.90 Å². The number of para-hydroxylation sites is 1. The second-order valence-corrected chi connectivity index (χ2v) is 10.1. The Bertz CT molecular complexity index is 1510. The first-order valence-electron chi connectivity index (χ1n) is 12.4. The van der Waals surface area contributed by atoms with E-state index in [0.29, 0.717) is 34.4 Å². The number of Topliss-reactive ketones (excluding diaryl/α,β-unsaturated/α-hetero) is 1. The van der Waals surface area contributed by atoms with E-state index in [1.165, 1.54) is 11.0 Å². The van der Waals surface area contributed by atoms with Crippen LogP contribution in [0.5, 0.6) is 5.75 Å². The average molecular weight is 492 g/mol. The van der Waals surface area contributed by atoms with Crippen molar-refractivity contribution < 1.29 is 24.3 Å². The van der Waals surface area contributed by atoms with Gasteiger partial charge in [0.15, 0.2) is 11.6 Å². The van der Waals surface area contributed by atoms with Gasteiger partial charge in [-0.3, -0.25) is 24.1 Å². The number of phenolic OH excluding ortho intramolecular Hbond substituents is 1. The Kier molecular flexibility index (Phi) is 5.23. The van der Waals surface area contributed by atoms with Crippen molar-refractivity contribution in [3.05, 3.63) is 101 Å². The molecule has 2 aromatic rings. The number of nitrogens with zero attached hydrogens (tertiary/aromatic N) is 1. The van der Waals surface area contributed by atoms with Crippen LogP contribution in [0.15, 0.2) is 89.6 Å². The SMILES string of the molecule is C=Cc1ccc(N2C(=O)C3CC=C4C(c5ccccc5O)C5=C(CC4C3C2=O)C(=O)C=C(C)C5=O)cc1. The van der Waals surface area contributed by atoms with Crippen molar-refractivity contribution in [2.45, 2.75) is 25.7 Å². The molecule has 1 N–H and O–H groups in total. The van der Waals surface area contributed by atoms with Gasteiger partial charge < -0.3 is 5.11 Å². The molecule has 6 nitrogen and oxygen atoms in total. The highest BCUT2D eigenvalue weighted by atomic mass is 16.3. The summed E-state index contributed by atoms with van der Waals surface area (Å²) in [6.07, 6.45) is 5.56. The molecule has 0 saturated carbocycles. The number of carbonyl (C=O) groups is 4. The number of fused-ring (bicyclic) bond motifs is 3. The lowest BCUT2D eigenvalue weighted by atomic mass is 9.59. The predicted octanol–water partition coefficient (Wildman–Crippen LogP) is 4.67. The maximum absolute atomic E-state index is 13.9. The Morgan fingerprint density at radius 2 is 1.70 bits per heavy atom. The minimum atomic E-state index is -0.653. The minimum absolute atomic E-state index is 0.0215. The summed E-state index contributed by atoms with van der Waals surface area (Å²) >= 11 is 0. The number of hydrogen-bond acceptors (Lipinski definition) is 5. The number of phenols is 1. The fourth-order valence-corrected chi connectivity index (χ4v) is 6.46. The summed E-state index contributed by atoms with van der Waals surface area (Å²) < 4.78 is 0. The number of ketones is 2. The molecule has 3 aliphatic carbocycles. The highest BCUT2D eigenvalue weighted by Gasteiger charge is 2.56. The number of anilines is 1. The third-order valence-electron chi connectivity index (χ3n) is 8.20. The molecule has 2 amide bonds. The molecule has 1 heterocycles. The van der Waals surface area contributed by atoms with E-state index >= 15 is 0 Å². The molecule has 4 unspecified atom stereocenters. The zero-order valence-corrected chi connectivity index (χ0v) is 20.3. The van der Waals surface area contributed by atoms with Gasteiger partial charge in [-0.1, -0.05) is 54.6 Å². The van der Waals surface area contributed by atoms with Crippen molar-refractivity contribution >= 4 is 35.1 Å². The summed E-state index contributed by atoms with van der Waals surface area (Å²) in [5.74, 6) is -3.27. The largest absolute Gasteiger partial charge is 0.508 e. The van der Waals surface area contributed by atoms with Crippen LogP contribution in [-0.2, 0) is 19.2 Å². The van der Waals surface area contributed by atoms with E-state index in [4.69, 9.17) is 0 Å². The Morgan fingerprint density at radius 3 is 2.41 bits per heavy atom. The summed E-state index contributed by atoms with van der Waals surface area (Å²) in [7, 11) is 0. The molecular weight excluding hydrogens is 466 g/mol. The lowest BCUT2D eigenvalue weighted by Gasteiger charge is -2.42. The molecule has 1 saturated heterocycles. The van der Waals surface area contributed by atoms with E-state index in [-0.39, 0.29) is 35.6 Å². The molecule has 6 rings (SSSR count). The van der Waals surface area contributed by atoms with E-state index in [1.807, 2.05) is 6.08 Å². The number of amides is 2. The molecule has 184 valence electrons. The van der Waals surface area contributed by atoms with Gasteiger partial charge in [0.25, 0.3) is 0 Å². The van der Waals surface area contributed by atoms with Crippen molar-refractivity contribution in [1.29, 1.82) is 0 Å². The number of aromatic hydroxyl groups is 1. The summed E-state index contributed by atoms with van der Waals surface area (Å²) in [6, 6.07) is 13.9. The van der Waals surface area contributed by atoms with Crippen LogP contribution in [0.3, 0.4) is 0 Å². The summed E-state index contributed by atoms with van der Waals surface area (Å²) in [4.78, 5) is 55.2.